The Labute approximate surface area is 157 Å². The van der Waals surface area contributed by atoms with Gasteiger partial charge in [0.15, 0.2) is 0 Å². The van der Waals surface area contributed by atoms with Crippen LogP contribution in [0.5, 0.6) is 0 Å². The molecule has 27 heavy (non-hydrogen) atoms. The van der Waals surface area contributed by atoms with Crippen LogP contribution < -0.4 is 0 Å². The van der Waals surface area contributed by atoms with Crippen molar-refractivity contribution in [3.63, 3.8) is 0 Å². The van der Waals surface area contributed by atoms with Gasteiger partial charge in [-0.2, -0.15) is 4.98 Å². The molecule has 1 saturated heterocycles. The first-order valence-electron chi connectivity index (χ1n) is 9.03. The fourth-order valence-electron chi connectivity index (χ4n) is 3.40. The van der Waals surface area contributed by atoms with Crippen LogP contribution in [0.1, 0.15) is 34.9 Å². The third-order valence-electron chi connectivity index (χ3n) is 4.72. The fourth-order valence-corrected chi connectivity index (χ4v) is 3.40. The predicted molar refractivity (Wildman–Crippen MR) is 99.0 cm³/mol. The molecule has 6 nitrogen and oxygen atoms in total. The Kier molecular flexibility index (Phi) is 4.98. The molecule has 0 saturated carbocycles. The van der Waals surface area contributed by atoms with Crippen molar-refractivity contribution in [2.75, 3.05) is 19.7 Å². The Balaban J connectivity index is 1.61. The lowest BCUT2D eigenvalue weighted by molar-refractivity contribution is -0.140. The largest absolute Gasteiger partial charge is 0.366 e. The zero-order valence-corrected chi connectivity index (χ0v) is 15.1. The lowest BCUT2D eigenvalue weighted by atomic mass is 9.90. The van der Waals surface area contributed by atoms with E-state index in [1.54, 1.807) is 6.92 Å². The van der Waals surface area contributed by atoms with Crippen LogP contribution in [0.15, 0.2) is 65.2 Å². The molecule has 1 aromatic heterocycles. The highest BCUT2D eigenvalue weighted by molar-refractivity contribution is 5.87. The molecule has 4 rings (SSSR count). The molecule has 0 unspecified atom stereocenters. The molecule has 1 atom stereocenters. The van der Waals surface area contributed by atoms with E-state index in [0.29, 0.717) is 31.4 Å². The number of hydrogen-bond donors (Lipinski definition) is 0. The topological polar surface area (TPSA) is 68.5 Å². The highest BCUT2D eigenvalue weighted by atomic mass is 16.5. The SMILES string of the molecule is Cc1nc([C@H]2CN(C(=O)C(c3ccccc3)c3ccccc3)CCO2)no1. The second kappa shape index (κ2) is 7.72. The van der Waals surface area contributed by atoms with Gasteiger partial charge in [0.05, 0.1) is 19.1 Å². The molecule has 0 aliphatic carbocycles. The number of ether oxygens (including phenoxy) is 1. The second-order valence-electron chi connectivity index (χ2n) is 6.57. The summed E-state index contributed by atoms with van der Waals surface area (Å²) < 4.78 is 10.8. The zero-order valence-electron chi connectivity index (χ0n) is 15.1. The maximum atomic E-state index is 13.5. The average molecular weight is 363 g/mol. The summed E-state index contributed by atoms with van der Waals surface area (Å²) in [7, 11) is 0. The zero-order chi connectivity index (χ0) is 18.6. The van der Waals surface area contributed by atoms with Crippen molar-refractivity contribution in [2.24, 2.45) is 0 Å². The molecule has 138 valence electrons. The minimum absolute atomic E-state index is 0.0564. The lowest BCUT2D eigenvalue weighted by Gasteiger charge is -2.34. The van der Waals surface area contributed by atoms with E-state index in [1.807, 2.05) is 65.6 Å². The Bertz CT molecular complexity index is 856. The van der Waals surface area contributed by atoms with Gasteiger partial charge < -0.3 is 14.2 Å². The summed E-state index contributed by atoms with van der Waals surface area (Å²) in [6.07, 6.45) is -0.368. The Morgan fingerprint density at radius 1 is 1.07 bits per heavy atom. The fraction of sp³-hybridized carbons (Fsp3) is 0.286. The molecule has 1 amide bonds. The highest BCUT2D eigenvalue weighted by Crippen LogP contribution is 2.29. The summed E-state index contributed by atoms with van der Waals surface area (Å²) in [6.45, 7) is 3.14. The highest BCUT2D eigenvalue weighted by Gasteiger charge is 2.33. The number of rotatable bonds is 4. The van der Waals surface area contributed by atoms with Crippen LogP contribution in [0.3, 0.4) is 0 Å². The summed E-state index contributed by atoms with van der Waals surface area (Å²) in [6, 6.07) is 19.7. The number of nitrogens with zero attached hydrogens (tertiary/aromatic N) is 3. The molecule has 3 aromatic rings. The molecule has 0 spiro atoms. The number of benzene rings is 2. The van der Waals surface area contributed by atoms with Crippen LogP contribution in [0, 0.1) is 6.92 Å². The van der Waals surface area contributed by atoms with Crippen molar-refractivity contribution in [1.82, 2.24) is 15.0 Å². The van der Waals surface area contributed by atoms with E-state index >= 15 is 0 Å². The van der Waals surface area contributed by atoms with Crippen LogP contribution in [0.25, 0.3) is 0 Å². The molecule has 1 aliphatic heterocycles. The molecule has 0 bridgehead atoms. The van der Waals surface area contributed by atoms with Crippen molar-refractivity contribution in [1.29, 1.82) is 0 Å². The van der Waals surface area contributed by atoms with Gasteiger partial charge in [-0.3, -0.25) is 4.79 Å². The van der Waals surface area contributed by atoms with Gasteiger partial charge in [0.2, 0.25) is 17.6 Å². The van der Waals surface area contributed by atoms with E-state index in [2.05, 4.69) is 10.1 Å². The van der Waals surface area contributed by atoms with Crippen molar-refractivity contribution < 1.29 is 14.1 Å². The third kappa shape index (κ3) is 3.75. The summed E-state index contributed by atoms with van der Waals surface area (Å²) in [5, 5.41) is 3.95. The van der Waals surface area contributed by atoms with Crippen LogP contribution in [0.4, 0.5) is 0 Å². The van der Waals surface area contributed by atoms with Crippen molar-refractivity contribution >= 4 is 5.91 Å². The van der Waals surface area contributed by atoms with E-state index in [4.69, 9.17) is 9.26 Å². The maximum absolute atomic E-state index is 13.5. The van der Waals surface area contributed by atoms with Crippen LogP contribution in [0.2, 0.25) is 0 Å². The van der Waals surface area contributed by atoms with E-state index in [9.17, 15) is 4.79 Å². The number of hydrogen-bond acceptors (Lipinski definition) is 5. The van der Waals surface area contributed by atoms with Crippen LogP contribution >= 0.6 is 0 Å². The third-order valence-corrected chi connectivity index (χ3v) is 4.72. The van der Waals surface area contributed by atoms with Gasteiger partial charge in [0.25, 0.3) is 0 Å². The van der Waals surface area contributed by atoms with E-state index in [0.717, 1.165) is 11.1 Å². The molecule has 1 aliphatic rings. The first-order valence-corrected chi connectivity index (χ1v) is 9.03. The Morgan fingerprint density at radius 3 is 2.26 bits per heavy atom. The van der Waals surface area contributed by atoms with Gasteiger partial charge in [0, 0.05) is 13.5 Å². The molecule has 2 heterocycles. The number of aromatic nitrogens is 2. The minimum Gasteiger partial charge on any atom is -0.366 e. The van der Waals surface area contributed by atoms with E-state index in [-0.39, 0.29) is 17.9 Å². The second-order valence-corrected chi connectivity index (χ2v) is 6.57. The molecular weight excluding hydrogens is 342 g/mol. The van der Waals surface area contributed by atoms with Crippen LogP contribution in [-0.2, 0) is 9.53 Å². The standard InChI is InChI=1S/C21H21N3O3/c1-15-22-20(23-27-15)18-14-24(12-13-26-18)21(25)19(16-8-4-2-5-9-16)17-10-6-3-7-11-17/h2-11,18-19H,12-14H2,1H3/t18-/m1/s1. The van der Waals surface area contributed by atoms with Gasteiger partial charge >= 0.3 is 0 Å². The van der Waals surface area contributed by atoms with Crippen molar-refractivity contribution in [3.8, 4) is 0 Å². The monoisotopic (exact) mass is 363 g/mol. The average Bonchev–Trinajstić information content (AvgIpc) is 3.16. The number of morpholine rings is 1. The van der Waals surface area contributed by atoms with Gasteiger partial charge in [-0.15, -0.1) is 0 Å². The number of carbonyl (C=O) groups is 1. The molecular formula is C21H21N3O3. The molecule has 0 N–H and O–H groups in total. The number of aryl methyl sites for hydroxylation is 1. The summed E-state index contributed by atoms with van der Waals surface area (Å²) in [4.78, 5) is 19.6. The minimum atomic E-state index is -0.368. The van der Waals surface area contributed by atoms with Crippen molar-refractivity contribution in [2.45, 2.75) is 18.9 Å². The van der Waals surface area contributed by atoms with E-state index < -0.39 is 0 Å². The van der Waals surface area contributed by atoms with Gasteiger partial charge in [-0.25, -0.2) is 0 Å². The van der Waals surface area contributed by atoms with Gasteiger partial charge in [-0.05, 0) is 11.1 Å². The Morgan fingerprint density at radius 2 is 1.70 bits per heavy atom. The predicted octanol–water partition coefficient (Wildman–Crippen LogP) is 3.11. The lowest BCUT2D eigenvalue weighted by Crippen LogP contribution is -2.44. The first kappa shape index (κ1) is 17.4. The Hall–Kier alpha value is -2.99. The van der Waals surface area contributed by atoms with Gasteiger partial charge in [0.1, 0.15) is 6.10 Å². The van der Waals surface area contributed by atoms with Crippen LogP contribution in [-0.4, -0.2) is 40.6 Å². The molecule has 1 fully saturated rings. The number of carbonyl (C=O) groups excluding carboxylic acids is 1. The molecule has 2 aromatic carbocycles. The summed E-state index contributed by atoms with van der Waals surface area (Å²) in [5.41, 5.74) is 1.96. The quantitative estimate of drug-likeness (QED) is 0.712. The first-order chi connectivity index (χ1) is 13.2. The maximum Gasteiger partial charge on any atom is 0.234 e. The number of amides is 1. The summed E-state index contributed by atoms with van der Waals surface area (Å²) >= 11 is 0. The molecule has 6 heteroatoms. The summed E-state index contributed by atoms with van der Waals surface area (Å²) in [5.74, 6) is 0.684. The van der Waals surface area contributed by atoms with Gasteiger partial charge in [-0.1, -0.05) is 65.8 Å². The van der Waals surface area contributed by atoms with Crippen molar-refractivity contribution in [3.05, 3.63) is 83.5 Å². The molecule has 0 radical (unpaired) electrons. The smallest absolute Gasteiger partial charge is 0.234 e. The normalized spacial score (nSPS) is 17.3. The van der Waals surface area contributed by atoms with E-state index in [1.165, 1.54) is 0 Å².